The molecule has 5 atom stereocenters. The predicted octanol–water partition coefficient (Wildman–Crippen LogP) is 11.3. The maximum Gasteiger partial charge on any atom is 0.178 e. The molecule has 0 N–H and O–H groups in total. The number of fused-ring (bicyclic) bond motifs is 1. The van der Waals surface area contributed by atoms with Crippen molar-refractivity contribution in [2.45, 2.75) is 139 Å². The Balaban J connectivity index is 1.96. The number of nitriles is 1. The van der Waals surface area contributed by atoms with Crippen LogP contribution in [0.15, 0.2) is 46.9 Å². The largest absolute Gasteiger partial charge is 0.300 e. The topological polar surface area (TPSA) is 57.9 Å². The molecule has 1 fully saturated rings. The highest BCUT2D eigenvalue weighted by atomic mass is 32.2. The van der Waals surface area contributed by atoms with E-state index in [0.29, 0.717) is 11.8 Å². The van der Waals surface area contributed by atoms with E-state index in [1.165, 1.54) is 30.6 Å². The fraction of sp³-hybridized carbons (Fsp3) is 0.725. The molecule has 4 heteroatoms. The van der Waals surface area contributed by atoms with E-state index in [9.17, 15) is 14.9 Å². The van der Waals surface area contributed by atoms with Crippen LogP contribution in [0.5, 0.6) is 0 Å². The van der Waals surface area contributed by atoms with Gasteiger partial charge in [0.1, 0.15) is 11.9 Å². The second-order valence-corrected chi connectivity index (χ2v) is 18.3. The number of carbonyl (C=O) groups is 2. The third kappa shape index (κ3) is 7.57. The molecule has 0 saturated heterocycles. The van der Waals surface area contributed by atoms with E-state index < -0.39 is 10.8 Å². The Morgan fingerprint density at radius 1 is 0.977 bits per heavy atom. The first-order valence-corrected chi connectivity index (χ1v) is 18.1. The first-order valence-electron chi connectivity index (χ1n) is 17.1. The lowest BCUT2D eigenvalue weighted by molar-refractivity contribution is -0.155. The molecule has 0 radical (unpaired) electrons. The standard InChI is InChI=1S/C40H61NO2S/c1-12-19-35(3,4)21-23-38(9,28-44-31-16-14-13-15-17-31)24-22-36(5,6)40(11)20-18-32-37(7,8)34(43)30(27-41)26-39(32,10)33(40)25-29(2)42/h13-17,26,32-33H,12,18-25,28H2,1-11H3/t32-,33+,38-,39-,40+/m0/s1. The quantitative estimate of drug-likeness (QED) is 0.194. The van der Waals surface area contributed by atoms with Gasteiger partial charge in [0.2, 0.25) is 0 Å². The van der Waals surface area contributed by atoms with Gasteiger partial charge in [-0.25, -0.2) is 0 Å². The lowest BCUT2D eigenvalue weighted by Crippen LogP contribution is -2.60. The number of thioether (sulfide) groups is 1. The number of hydrogen-bond acceptors (Lipinski definition) is 4. The first kappa shape index (κ1) is 36.6. The number of allylic oxidation sites excluding steroid dienone is 2. The molecule has 244 valence electrons. The van der Waals surface area contributed by atoms with Gasteiger partial charge in [0.05, 0.1) is 5.57 Å². The summed E-state index contributed by atoms with van der Waals surface area (Å²) in [7, 11) is 0. The van der Waals surface area contributed by atoms with Gasteiger partial charge in [0.15, 0.2) is 5.78 Å². The molecule has 3 nitrogen and oxygen atoms in total. The molecule has 1 aromatic carbocycles. The number of benzene rings is 1. The van der Waals surface area contributed by atoms with Crippen LogP contribution in [0.4, 0.5) is 0 Å². The molecule has 3 rings (SSSR count). The SMILES string of the molecule is CCCC(C)(C)CC[C@@](C)(CCC(C)(C)[C@]1(C)CC[C@H]2C(C)(C)C(=O)C(C#N)=C[C@]2(C)[C@H]1CC(C)=O)CSc1ccccc1. The summed E-state index contributed by atoms with van der Waals surface area (Å²) in [5.41, 5.74) is -0.363. The molecule has 2 aliphatic rings. The molecule has 0 aromatic heterocycles. The van der Waals surface area contributed by atoms with Crippen LogP contribution in [0, 0.1) is 55.7 Å². The Hall–Kier alpha value is -1.86. The van der Waals surface area contributed by atoms with E-state index in [1.54, 1.807) is 6.92 Å². The molecule has 0 unspecified atom stereocenters. The van der Waals surface area contributed by atoms with Crippen molar-refractivity contribution in [2.24, 2.45) is 44.3 Å². The molecule has 2 aliphatic carbocycles. The zero-order valence-electron chi connectivity index (χ0n) is 29.9. The van der Waals surface area contributed by atoms with Gasteiger partial charge in [0.25, 0.3) is 0 Å². The van der Waals surface area contributed by atoms with Crippen molar-refractivity contribution in [1.82, 2.24) is 0 Å². The van der Waals surface area contributed by atoms with Gasteiger partial charge in [-0.05, 0) is 103 Å². The number of hydrogen-bond donors (Lipinski definition) is 0. The van der Waals surface area contributed by atoms with Crippen molar-refractivity contribution in [3.63, 3.8) is 0 Å². The van der Waals surface area contributed by atoms with Crippen LogP contribution >= 0.6 is 11.8 Å². The van der Waals surface area contributed by atoms with Gasteiger partial charge >= 0.3 is 0 Å². The van der Waals surface area contributed by atoms with Gasteiger partial charge in [-0.1, -0.05) is 99.9 Å². The predicted molar refractivity (Wildman–Crippen MR) is 186 cm³/mol. The zero-order valence-corrected chi connectivity index (χ0v) is 30.7. The van der Waals surface area contributed by atoms with Gasteiger partial charge in [-0.2, -0.15) is 5.26 Å². The molecule has 1 aromatic rings. The summed E-state index contributed by atoms with van der Waals surface area (Å²) in [5, 5.41) is 10.00. The second kappa shape index (κ2) is 13.5. The lowest BCUT2D eigenvalue weighted by Gasteiger charge is -2.64. The van der Waals surface area contributed by atoms with Crippen molar-refractivity contribution in [3.8, 4) is 6.07 Å². The molecular weight excluding hydrogens is 559 g/mol. The number of ketones is 2. The summed E-state index contributed by atoms with van der Waals surface area (Å²) < 4.78 is 0. The van der Waals surface area contributed by atoms with E-state index in [-0.39, 0.29) is 45.2 Å². The molecule has 1 saturated carbocycles. The summed E-state index contributed by atoms with van der Waals surface area (Å²) >= 11 is 1.99. The van der Waals surface area contributed by atoms with Crippen molar-refractivity contribution >= 4 is 23.3 Å². The highest BCUT2D eigenvalue weighted by molar-refractivity contribution is 7.99. The van der Waals surface area contributed by atoms with Crippen LogP contribution in [0.3, 0.4) is 0 Å². The number of carbonyl (C=O) groups excluding carboxylic acids is 2. The summed E-state index contributed by atoms with van der Waals surface area (Å²) in [4.78, 5) is 27.6. The number of nitrogens with zero attached hydrogens (tertiary/aromatic N) is 1. The molecule has 44 heavy (non-hydrogen) atoms. The van der Waals surface area contributed by atoms with Gasteiger partial charge < -0.3 is 4.79 Å². The van der Waals surface area contributed by atoms with Gasteiger partial charge in [-0.3, -0.25) is 4.79 Å². The van der Waals surface area contributed by atoms with E-state index in [4.69, 9.17) is 0 Å². The average Bonchev–Trinajstić information content (AvgIpc) is 2.94. The summed E-state index contributed by atoms with van der Waals surface area (Å²) in [5.74, 6) is 1.42. The zero-order chi connectivity index (χ0) is 33.2. The Morgan fingerprint density at radius 3 is 2.16 bits per heavy atom. The van der Waals surface area contributed by atoms with Crippen LogP contribution in [-0.2, 0) is 9.59 Å². The molecular formula is C40H61NO2S. The monoisotopic (exact) mass is 619 g/mol. The fourth-order valence-electron chi connectivity index (χ4n) is 9.09. The minimum Gasteiger partial charge on any atom is -0.300 e. The Labute approximate surface area is 274 Å². The highest BCUT2D eigenvalue weighted by Gasteiger charge is 2.63. The second-order valence-electron chi connectivity index (χ2n) is 17.3. The Bertz CT molecular complexity index is 1250. The van der Waals surface area contributed by atoms with E-state index in [1.807, 2.05) is 31.7 Å². The minimum atomic E-state index is -0.617. The lowest BCUT2D eigenvalue weighted by atomic mass is 9.39. The smallest absolute Gasteiger partial charge is 0.178 e. The van der Waals surface area contributed by atoms with Crippen LogP contribution in [0.2, 0.25) is 0 Å². The van der Waals surface area contributed by atoms with Gasteiger partial charge in [0, 0.05) is 22.5 Å². The molecule has 0 bridgehead atoms. The van der Waals surface area contributed by atoms with Crippen molar-refractivity contribution in [1.29, 1.82) is 5.26 Å². The maximum absolute atomic E-state index is 13.4. The van der Waals surface area contributed by atoms with Crippen molar-refractivity contribution in [3.05, 3.63) is 42.0 Å². The van der Waals surface area contributed by atoms with Crippen LogP contribution in [0.1, 0.15) is 134 Å². The first-order chi connectivity index (χ1) is 20.3. The third-order valence-electron chi connectivity index (χ3n) is 12.6. The third-order valence-corrected chi connectivity index (χ3v) is 14.0. The van der Waals surface area contributed by atoms with Crippen molar-refractivity contribution < 1.29 is 9.59 Å². The summed E-state index contributed by atoms with van der Waals surface area (Å²) in [6.45, 7) is 25.0. The van der Waals surface area contributed by atoms with Crippen LogP contribution in [0.25, 0.3) is 0 Å². The summed E-state index contributed by atoms with van der Waals surface area (Å²) in [6, 6.07) is 13.0. The highest BCUT2D eigenvalue weighted by Crippen LogP contribution is 2.68. The Kier molecular flexibility index (Phi) is 11.2. The fourth-order valence-corrected chi connectivity index (χ4v) is 10.2. The Morgan fingerprint density at radius 2 is 1.59 bits per heavy atom. The van der Waals surface area contributed by atoms with Crippen LogP contribution < -0.4 is 0 Å². The van der Waals surface area contributed by atoms with Crippen molar-refractivity contribution in [2.75, 3.05) is 5.75 Å². The number of rotatable bonds is 14. The maximum atomic E-state index is 13.4. The minimum absolute atomic E-state index is 0.0368. The average molecular weight is 620 g/mol. The molecule has 0 aliphatic heterocycles. The molecule has 0 heterocycles. The van der Waals surface area contributed by atoms with E-state index in [2.05, 4.69) is 91.8 Å². The van der Waals surface area contributed by atoms with Crippen LogP contribution in [-0.4, -0.2) is 17.3 Å². The molecule has 0 spiro atoms. The normalized spacial score (nSPS) is 28.4. The van der Waals surface area contributed by atoms with E-state index in [0.717, 1.165) is 31.4 Å². The van der Waals surface area contributed by atoms with E-state index >= 15 is 0 Å². The number of Topliss-reactive ketones (excluding diaryl/α,β-unsaturated/α-hetero) is 2. The van der Waals surface area contributed by atoms with Gasteiger partial charge in [-0.15, -0.1) is 11.8 Å². The summed E-state index contributed by atoms with van der Waals surface area (Å²) in [6.07, 6.45) is 11.5. The molecule has 0 amide bonds.